The molecule has 0 spiro atoms. The third-order valence-electron chi connectivity index (χ3n) is 3.19. The largest absolute Gasteiger partial charge is 0.481 e. The van der Waals surface area contributed by atoms with E-state index in [-0.39, 0.29) is 17.5 Å². The molecule has 0 saturated heterocycles. The SMILES string of the molecule is O=C(O)C1CC1CCc1ccc([N+](=O)[O-])cc1. The monoisotopic (exact) mass is 235 g/mol. The Balaban J connectivity index is 1.84. The molecule has 0 amide bonds. The summed E-state index contributed by atoms with van der Waals surface area (Å²) in [7, 11) is 0. The van der Waals surface area contributed by atoms with Crippen molar-refractivity contribution in [1.29, 1.82) is 0 Å². The van der Waals surface area contributed by atoms with Gasteiger partial charge in [0.2, 0.25) is 0 Å². The van der Waals surface area contributed by atoms with Crippen LogP contribution in [0.1, 0.15) is 18.4 Å². The van der Waals surface area contributed by atoms with Gasteiger partial charge in [0.1, 0.15) is 0 Å². The van der Waals surface area contributed by atoms with Crippen LogP contribution in [0, 0.1) is 22.0 Å². The van der Waals surface area contributed by atoms with Crippen molar-refractivity contribution in [3.05, 3.63) is 39.9 Å². The molecular weight excluding hydrogens is 222 g/mol. The summed E-state index contributed by atoms with van der Waals surface area (Å²) in [6.07, 6.45) is 2.39. The third-order valence-corrected chi connectivity index (χ3v) is 3.19. The van der Waals surface area contributed by atoms with E-state index in [1.165, 1.54) is 12.1 Å². The second-order valence-electron chi connectivity index (χ2n) is 4.40. The highest BCUT2D eigenvalue weighted by Crippen LogP contribution is 2.42. The second-order valence-corrected chi connectivity index (χ2v) is 4.40. The molecule has 1 aromatic rings. The van der Waals surface area contributed by atoms with Crippen LogP contribution >= 0.6 is 0 Å². The van der Waals surface area contributed by atoms with Gasteiger partial charge < -0.3 is 5.11 Å². The number of carboxylic acid groups (broad SMARTS) is 1. The standard InChI is InChI=1S/C12H13NO4/c14-12(15)11-7-9(11)4-1-8-2-5-10(6-3-8)13(16)17/h2-3,5-6,9,11H,1,4,7H2,(H,14,15). The molecule has 1 aliphatic rings. The fourth-order valence-electron chi connectivity index (χ4n) is 2.01. The van der Waals surface area contributed by atoms with Gasteiger partial charge in [-0.15, -0.1) is 0 Å². The average Bonchev–Trinajstić information content (AvgIpc) is 3.06. The molecule has 1 fully saturated rings. The second kappa shape index (κ2) is 4.53. The van der Waals surface area contributed by atoms with E-state index >= 15 is 0 Å². The van der Waals surface area contributed by atoms with Crippen molar-refractivity contribution in [2.45, 2.75) is 19.3 Å². The van der Waals surface area contributed by atoms with E-state index < -0.39 is 10.9 Å². The number of nitrogens with zero attached hydrogens (tertiary/aromatic N) is 1. The number of non-ortho nitro benzene ring substituents is 1. The van der Waals surface area contributed by atoms with Crippen LogP contribution in [0.3, 0.4) is 0 Å². The van der Waals surface area contributed by atoms with E-state index in [1.54, 1.807) is 12.1 Å². The lowest BCUT2D eigenvalue weighted by molar-refractivity contribution is -0.384. The minimum Gasteiger partial charge on any atom is -0.481 e. The molecule has 0 aromatic heterocycles. The zero-order chi connectivity index (χ0) is 12.4. The Bertz CT molecular complexity index is 440. The van der Waals surface area contributed by atoms with Gasteiger partial charge in [0, 0.05) is 12.1 Å². The molecule has 2 unspecified atom stereocenters. The number of carboxylic acids is 1. The highest BCUT2D eigenvalue weighted by molar-refractivity contribution is 5.73. The van der Waals surface area contributed by atoms with Crippen molar-refractivity contribution < 1.29 is 14.8 Å². The maximum absolute atomic E-state index is 10.6. The summed E-state index contributed by atoms with van der Waals surface area (Å²) in [5.74, 6) is -0.602. The van der Waals surface area contributed by atoms with Crippen LogP contribution in [0.5, 0.6) is 0 Å². The minimum absolute atomic E-state index is 0.0867. The maximum atomic E-state index is 10.6. The van der Waals surface area contributed by atoms with Crippen LogP contribution in [-0.4, -0.2) is 16.0 Å². The van der Waals surface area contributed by atoms with Crippen molar-refractivity contribution in [1.82, 2.24) is 0 Å². The molecule has 17 heavy (non-hydrogen) atoms. The van der Waals surface area contributed by atoms with Crippen LogP contribution < -0.4 is 0 Å². The normalized spacial score (nSPS) is 22.1. The lowest BCUT2D eigenvalue weighted by atomic mass is 10.1. The molecule has 5 nitrogen and oxygen atoms in total. The van der Waals surface area contributed by atoms with Gasteiger partial charge >= 0.3 is 5.97 Å². The van der Waals surface area contributed by atoms with E-state index in [9.17, 15) is 14.9 Å². The van der Waals surface area contributed by atoms with E-state index in [1.807, 2.05) is 0 Å². The first-order valence-electron chi connectivity index (χ1n) is 5.54. The first-order chi connectivity index (χ1) is 8.08. The van der Waals surface area contributed by atoms with Gasteiger partial charge in [-0.1, -0.05) is 12.1 Å². The van der Waals surface area contributed by atoms with Crippen LogP contribution in [-0.2, 0) is 11.2 Å². The molecule has 1 N–H and O–H groups in total. The van der Waals surface area contributed by atoms with Gasteiger partial charge in [0.15, 0.2) is 0 Å². The number of hydrogen-bond acceptors (Lipinski definition) is 3. The number of carbonyl (C=O) groups is 1. The highest BCUT2D eigenvalue weighted by Gasteiger charge is 2.42. The quantitative estimate of drug-likeness (QED) is 0.627. The van der Waals surface area contributed by atoms with Crippen molar-refractivity contribution in [2.24, 2.45) is 11.8 Å². The summed E-state index contributed by atoms with van der Waals surface area (Å²) >= 11 is 0. The zero-order valence-corrected chi connectivity index (χ0v) is 9.20. The van der Waals surface area contributed by atoms with Gasteiger partial charge in [0.05, 0.1) is 10.8 Å². The Morgan fingerprint density at radius 1 is 1.41 bits per heavy atom. The summed E-state index contributed by atoms with van der Waals surface area (Å²) in [4.78, 5) is 20.6. The molecule has 0 radical (unpaired) electrons. The maximum Gasteiger partial charge on any atom is 0.306 e. The van der Waals surface area contributed by atoms with Gasteiger partial charge in [-0.3, -0.25) is 14.9 Å². The fourth-order valence-corrected chi connectivity index (χ4v) is 2.01. The highest BCUT2D eigenvalue weighted by atomic mass is 16.6. The Morgan fingerprint density at radius 2 is 2.06 bits per heavy atom. The summed E-state index contributed by atoms with van der Waals surface area (Å²) in [5, 5.41) is 19.2. The van der Waals surface area contributed by atoms with Crippen LogP contribution in [0.4, 0.5) is 5.69 Å². The lowest BCUT2D eigenvalue weighted by Gasteiger charge is -2.00. The first-order valence-corrected chi connectivity index (χ1v) is 5.54. The van der Waals surface area contributed by atoms with Crippen molar-refractivity contribution in [2.75, 3.05) is 0 Å². The molecule has 1 aliphatic carbocycles. The molecule has 1 saturated carbocycles. The summed E-state index contributed by atoms with van der Waals surface area (Å²) in [6, 6.07) is 6.43. The molecule has 1 aromatic carbocycles. The Morgan fingerprint density at radius 3 is 2.53 bits per heavy atom. The minimum atomic E-state index is -0.710. The molecular formula is C12H13NO4. The van der Waals surface area contributed by atoms with Crippen LogP contribution in [0.25, 0.3) is 0 Å². The zero-order valence-electron chi connectivity index (χ0n) is 9.20. The number of nitro groups is 1. The predicted molar refractivity (Wildman–Crippen MR) is 60.7 cm³/mol. The van der Waals surface area contributed by atoms with E-state index in [0.717, 1.165) is 24.8 Å². The topological polar surface area (TPSA) is 80.4 Å². The summed E-state index contributed by atoms with van der Waals surface area (Å²) < 4.78 is 0. The molecule has 0 heterocycles. The molecule has 0 aliphatic heterocycles. The van der Waals surface area contributed by atoms with Crippen molar-refractivity contribution in [3.8, 4) is 0 Å². The van der Waals surface area contributed by atoms with E-state index in [0.29, 0.717) is 0 Å². The van der Waals surface area contributed by atoms with Crippen LogP contribution in [0.15, 0.2) is 24.3 Å². The van der Waals surface area contributed by atoms with E-state index in [4.69, 9.17) is 5.11 Å². The Labute approximate surface area is 98.2 Å². The number of aryl methyl sites for hydroxylation is 1. The van der Waals surface area contributed by atoms with Crippen molar-refractivity contribution >= 4 is 11.7 Å². The molecule has 2 atom stereocenters. The number of rotatable bonds is 5. The number of aliphatic carboxylic acids is 1. The Kier molecular flexibility index (Phi) is 3.08. The molecule has 5 heteroatoms. The fraction of sp³-hybridized carbons (Fsp3) is 0.417. The van der Waals surface area contributed by atoms with E-state index in [2.05, 4.69) is 0 Å². The average molecular weight is 235 g/mol. The summed E-state index contributed by atoms with van der Waals surface area (Å²) in [5.41, 5.74) is 1.11. The molecule has 90 valence electrons. The predicted octanol–water partition coefficient (Wildman–Crippen LogP) is 2.25. The summed E-state index contributed by atoms with van der Waals surface area (Å²) in [6.45, 7) is 0. The third kappa shape index (κ3) is 2.81. The molecule has 0 bridgehead atoms. The smallest absolute Gasteiger partial charge is 0.306 e. The first kappa shape index (κ1) is 11.6. The van der Waals surface area contributed by atoms with Gasteiger partial charge in [-0.25, -0.2) is 0 Å². The Hall–Kier alpha value is -1.91. The van der Waals surface area contributed by atoms with Gasteiger partial charge in [-0.05, 0) is 30.7 Å². The lowest BCUT2D eigenvalue weighted by Crippen LogP contribution is -2.00. The molecule has 2 rings (SSSR count). The van der Waals surface area contributed by atoms with Crippen molar-refractivity contribution in [3.63, 3.8) is 0 Å². The number of benzene rings is 1. The number of hydrogen-bond donors (Lipinski definition) is 1. The van der Waals surface area contributed by atoms with Crippen LogP contribution in [0.2, 0.25) is 0 Å². The number of nitro benzene ring substituents is 1. The van der Waals surface area contributed by atoms with Gasteiger partial charge in [0.25, 0.3) is 5.69 Å². The van der Waals surface area contributed by atoms with Gasteiger partial charge in [-0.2, -0.15) is 0 Å².